The molecule has 3 aromatic rings. The number of nitrogens with zero attached hydrogens (tertiary/aromatic N) is 4. The van der Waals surface area contributed by atoms with Crippen molar-refractivity contribution in [2.45, 2.75) is 13.8 Å². The number of nitrogen functional groups attached to an aromatic ring is 1. The number of benzene rings is 2. The summed E-state index contributed by atoms with van der Waals surface area (Å²) in [7, 11) is -6.22. The van der Waals surface area contributed by atoms with Crippen molar-refractivity contribution in [3.8, 4) is 5.69 Å². The summed E-state index contributed by atoms with van der Waals surface area (Å²) in [6, 6.07) is 17.6. The van der Waals surface area contributed by atoms with Crippen LogP contribution in [0.5, 0.6) is 0 Å². The van der Waals surface area contributed by atoms with Crippen LogP contribution in [-0.4, -0.2) is 35.0 Å². The lowest BCUT2D eigenvalue weighted by Crippen LogP contribution is -2.01. The number of nitrogens with two attached hydrogens (primary N) is 1. The Bertz CT molecular complexity index is 1200. The first-order chi connectivity index (χ1) is 14.1. The lowest BCUT2D eigenvalue weighted by Gasteiger charge is -2.02. The van der Waals surface area contributed by atoms with Crippen LogP contribution in [0.1, 0.15) is 11.3 Å². The summed E-state index contributed by atoms with van der Waals surface area (Å²) in [5.74, 6) is 0.486. The molecule has 0 saturated heterocycles. The van der Waals surface area contributed by atoms with E-state index in [1.165, 1.54) is 0 Å². The Morgan fingerprint density at radius 1 is 0.833 bits per heavy atom. The summed E-state index contributed by atoms with van der Waals surface area (Å²) in [6.07, 6.45) is 0. The Balaban J connectivity index is 0.000000485. The van der Waals surface area contributed by atoms with Crippen LogP contribution in [0.3, 0.4) is 0 Å². The molecular formula is C17H17N5O6S2. The largest absolute Gasteiger partial charge is 0.425 e. The summed E-state index contributed by atoms with van der Waals surface area (Å²) in [5, 5.41) is 13.0. The van der Waals surface area contributed by atoms with Gasteiger partial charge in [-0.25, -0.2) is 4.68 Å². The fourth-order valence-corrected chi connectivity index (χ4v) is 2.22. The van der Waals surface area contributed by atoms with Crippen molar-refractivity contribution in [1.82, 2.24) is 9.78 Å². The summed E-state index contributed by atoms with van der Waals surface area (Å²) >= 11 is 0. The fraction of sp³-hybridized carbons (Fsp3) is 0.118. The predicted octanol–water partition coefficient (Wildman–Crippen LogP) is 2.48. The van der Waals surface area contributed by atoms with Crippen molar-refractivity contribution in [3.05, 3.63) is 65.9 Å². The molecule has 0 bridgehead atoms. The van der Waals surface area contributed by atoms with Crippen molar-refractivity contribution in [2.75, 3.05) is 5.73 Å². The standard InChI is InChI=1S/C17H17N5.2O3S/c1-12-7-6-8-14(11-12)19-20-16-13(2)21-22(17(16)18)15-9-4-3-5-10-15;2*1-4(2)3/h3-11H,18H2,1-2H3;;. The molecule has 0 atom stereocenters. The fourth-order valence-electron chi connectivity index (χ4n) is 2.22. The van der Waals surface area contributed by atoms with E-state index in [1.54, 1.807) is 4.68 Å². The van der Waals surface area contributed by atoms with E-state index in [-0.39, 0.29) is 0 Å². The molecule has 0 fully saturated rings. The monoisotopic (exact) mass is 451 g/mol. The molecule has 0 saturated carbocycles. The molecule has 0 unspecified atom stereocenters. The number of aryl methyl sites for hydroxylation is 2. The van der Waals surface area contributed by atoms with Crippen molar-refractivity contribution in [1.29, 1.82) is 0 Å². The van der Waals surface area contributed by atoms with Crippen LogP contribution in [-0.2, 0) is 21.2 Å². The first-order valence-electron chi connectivity index (χ1n) is 8.04. The minimum Gasteiger partial charge on any atom is -0.382 e. The molecule has 158 valence electrons. The molecule has 2 aromatic carbocycles. The highest BCUT2D eigenvalue weighted by Gasteiger charge is 2.13. The molecule has 0 aliphatic carbocycles. The molecular weight excluding hydrogens is 434 g/mol. The number of hydrogen-bond donors (Lipinski definition) is 1. The second-order valence-corrected chi connectivity index (χ2v) is 6.33. The van der Waals surface area contributed by atoms with E-state index in [0.29, 0.717) is 11.5 Å². The summed E-state index contributed by atoms with van der Waals surface area (Å²) in [5.41, 5.74) is 10.4. The maximum atomic E-state index is 8.44. The Morgan fingerprint density at radius 3 is 1.93 bits per heavy atom. The minimum atomic E-state index is -3.11. The summed E-state index contributed by atoms with van der Waals surface area (Å²) in [6.45, 7) is 3.90. The maximum absolute atomic E-state index is 8.44. The lowest BCUT2D eigenvalue weighted by molar-refractivity contribution is 0.557. The van der Waals surface area contributed by atoms with Crippen LogP contribution >= 0.6 is 0 Å². The van der Waals surface area contributed by atoms with Gasteiger partial charge in [0.1, 0.15) is 0 Å². The summed E-state index contributed by atoms with van der Waals surface area (Å²) < 4.78 is 52.3. The Morgan fingerprint density at radius 2 is 1.40 bits per heavy atom. The predicted molar refractivity (Wildman–Crippen MR) is 107 cm³/mol. The zero-order valence-corrected chi connectivity index (χ0v) is 17.5. The zero-order chi connectivity index (χ0) is 22.7. The van der Waals surface area contributed by atoms with Gasteiger partial charge in [-0.15, -0.1) is 30.4 Å². The second-order valence-electron chi connectivity index (χ2n) is 5.51. The quantitative estimate of drug-likeness (QED) is 0.591. The van der Waals surface area contributed by atoms with Gasteiger partial charge in [0, 0.05) is 0 Å². The number of rotatable bonds is 3. The Hall–Kier alpha value is -3.71. The first kappa shape index (κ1) is 24.3. The first-order valence-corrected chi connectivity index (χ1v) is 10.0. The molecule has 0 spiro atoms. The third kappa shape index (κ3) is 8.53. The molecule has 3 rings (SSSR count). The van der Waals surface area contributed by atoms with E-state index in [2.05, 4.69) is 15.3 Å². The third-order valence-electron chi connectivity index (χ3n) is 3.33. The SMILES string of the molecule is Cc1cccc(N=Nc2c(C)nn(-c3ccccc3)c2N)c1.O=S(=O)=O.O=S(=O)=O. The van der Waals surface area contributed by atoms with Crippen LogP contribution in [0, 0.1) is 13.8 Å². The van der Waals surface area contributed by atoms with Gasteiger partial charge in [0.25, 0.3) is 0 Å². The number of aromatic nitrogens is 2. The van der Waals surface area contributed by atoms with Gasteiger partial charge in [0.15, 0.2) is 11.5 Å². The van der Waals surface area contributed by atoms with Gasteiger partial charge in [0.05, 0.1) is 17.1 Å². The molecule has 1 heterocycles. The van der Waals surface area contributed by atoms with Crippen LogP contribution < -0.4 is 5.73 Å². The molecule has 0 radical (unpaired) electrons. The average Bonchev–Trinajstić information content (AvgIpc) is 2.94. The van der Waals surface area contributed by atoms with E-state index >= 15 is 0 Å². The van der Waals surface area contributed by atoms with Gasteiger partial charge in [-0.2, -0.15) is 10.2 Å². The number of hydrogen-bond acceptors (Lipinski definition) is 10. The average molecular weight is 451 g/mol. The molecule has 0 aliphatic heterocycles. The third-order valence-corrected chi connectivity index (χ3v) is 3.33. The van der Waals surface area contributed by atoms with Gasteiger partial charge in [-0.1, -0.05) is 30.3 Å². The smallest absolute Gasteiger partial charge is 0.382 e. The molecule has 11 nitrogen and oxygen atoms in total. The maximum Gasteiger partial charge on any atom is 0.425 e. The van der Waals surface area contributed by atoms with Gasteiger partial charge in [-0.3, -0.25) is 0 Å². The van der Waals surface area contributed by atoms with Gasteiger partial charge < -0.3 is 5.73 Å². The van der Waals surface area contributed by atoms with Crippen molar-refractivity contribution in [3.63, 3.8) is 0 Å². The summed E-state index contributed by atoms with van der Waals surface area (Å²) in [4.78, 5) is 0. The molecule has 30 heavy (non-hydrogen) atoms. The van der Waals surface area contributed by atoms with Crippen LogP contribution in [0.4, 0.5) is 17.2 Å². The number of azo groups is 1. The van der Waals surface area contributed by atoms with E-state index in [4.69, 9.17) is 31.0 Å². The Labute approximate surface area is 175 Å². The highest BCUT2D eigenvalue weighted by atomic mass is 32.2. The van der Waals surface area contributed by atoms with E-state index in [9.17, 15) is 0 Å². The van der Waals surface area contributed by atoms with Crippen LogP contribution in [0.2, 0.25) is 0 Å². The number of para-hydroxylation sites is 1. The second kappa shape index (κ2) is 12.0. The van der Waals surface area contributed by atoms with Gasteiger partial charge >= 0.3 is 21.2 Å². The normalized spacial score (nSPS) is 9.80. The molecule has 13 heteroatoms. The van der Waals surface area contributed by atoms with Gasteiger partial charge in [0.2, 0.25) is 0 Å². The van der Waals surface area contributed by atoms with E-state index < -0.39 is 21.2 Å². The van der Waals surface area contributed by atoms with Gasteiger partial charge in [-0.05, 0) is 43.7 Å². The van der Waals surface area contributed by atoms with E-state index in [0.717, 1.165) is 22.6 Å². The lowest BCUT2D eigenvalue weighted by atomic mass is 10.2. The number of anilines is 1. The van der Waals surface area contributed by atoms with Crippen molar-refractivity contribution >= 4 is 38.4 Å². The van der Waals surface area contributed by atoms with E-state index in [1.807, 2.05) is 68.4 Å². The van der Waals surface area contributed by atoms with Crippen LogP contribution in [0.25, 0.3) is 5.69 Å². The van der Waals surface area contributed by atoms with Crippen molar-refractivity contribution < 1.29 is 25.3 Å². The topological polar surface area (TPSA) is 171 Å². The van der Waals surface area contributed by atoms with Crippen molar-refractivity contribution in [2.24, 2.45) is 10.2 Å². The molecule has 0 aliphatic rings. The molecule has 0 amide bonds. The minimum absolute atomic E-state index is 0.486. The Kier molecular flexibility index (Phi) is 9.72. The molecule has 2 N–H and O–H groups in total. The van der Waals surface area contributed by atoms with Crippen LogP contribution in [0.15, 0.2) is 64.8 Å². The zero-order valence-electron chi connectivity index (χ0n) is 15.8. The highest BCUT2D eigenvalue weighted by Crippen LogP contribution is 2.30. The molecule has 1 aromatic heterocycles. The highest BCUT2D eigenvalue weighted by molar-refractivity contribution is 7.59.